The molecule has 0 amide bonds. The van der Waals surface area contributed by atoms with Gasteiger partial charge in [0.1, 0.15) is 0 Å². The van der Waals surface area contributed by atoms with E-state index in [2.05, 4.69) is 22.0 Å². The van der Waals surface area contributed by atoms with Gasteiger partial charge >= 0.3 is 0 Å². The molecule has 20 heavy (non-hydrogen) atoms. The second-order valence-corrected chi connectivity index (χ2v) is 5.23. The maximum atomic E-state index is 9.30. The minimum Gasteiger partial charge on any atom is -0.396 e. The third-order valence-electron chi connectivity index (χ3n) is 3.40. The van der Waals surface area contributed by atoms with Crippen molar-refractivity contribution in [2.24, 2.45) is 0 Å². The fraction of sp³-hybridized carbons (Fsp3) is 0.312. The quantitative estimate of drug-likeness (QED) is 0.887. The summed E-state index contributed by atoms with van der Waals surface area (Å²) in [7, 11) is 2.05. The Morgan fingerprint density at radius 3 is 2.65 bits per heavy atom. The number of nitrogens with zero attached hydrogens (tertiary/aromatic N) is 2. The summed E-state index contributed by atoms with van der Waals surface area (Å²) < 4.78 is 0. The molecule has 0 spiro atoms. The standard InChI is InChI=1S/C16H19ClN2O/c1-19(12-14-7-9-18-11-15(14)17)16(8-10-20)13-5-3-2-4-6-13/h2-7,9,11,16,20H,8,10,12H2,1H3. The highest BCUT2D eigenvalue weighted by atomic mass is 35.5. The lowest BCUT2D eigenvalue weighted by atomic mass is 10.0. The number of halogens is 1. The Hall–Kier alpha value is -1.42. The van der Waals surface area contributed by atoms with Crippen molar-refractivity contribution in [3.8, 4) is 0 Å². The summed E-state index contributed by atoms with van der Waals surface area (Å²) in [5.74, 6) is 0. The molecule has 1 atom stereocenters. The van der Waals surface area contributed by atoms with Crippen LogP contribution in [0.5, 0.6) is 0 Å². The molecule has 3 nitrogen and oxygen atoms in total. The fourth-order valence-electron chi connectivity index (χ4n) is 2.35. The molecule has 1 heterocycles. The van der Waals surface area contributed by atoms with E-state index in [1.165, 1.54) is 5.56 Å². The van der Waals surface area contributed by atoms with Crippen molar-refractivity contribution in [2.75, 3.05) is 13.7 Å². The van der Waals surface area contributed by atoms with Gasteiger partial charge in [0.2, 0.25) is 0 Å². The highest BCUT2D eigenvalue weighted by molar-refractivity contribution is 6.31. The van der Waals surface area contributed by atoms with Crippen molar-refractivity contribution in [3.63, 3.8) is 0 Å². The molecule has 1 aromatic carbocycles. The molecule has 1 aromatic heterocycles. The Morgan fingerprint density at radius 2 is 2.00 bits per heavy atom. The summed E-state index contributed by atoms with van der Waals surface area (Å²) in [5, 5.41) is 9.98. The molecule has 1 unspecified atom stereocenters. The number of aromatic nitrogens is 1. The molecule has 0 saturated carbocycles. The van der Waals surface area contributed by atoms with Crippen molar-refractivity contribution >= 4 is 11.6 Å². The van der Waals surface area contributed by atoms with Crippen molar-refractivity contribution in [1.29, 1.82) is 0 Å². The van der Waals surface area contributed by atoms with Crippen LogP contribution in [0.25, 0.3) is 0 Å². The van der Waals surface area contributed by atoms with Gasteiger partial charge < -0.3 is 5.11 Å². The van der Waals surface area contributed by atoms with Crippen LogP contribution in [0.3, 0.4) is 0 Å². The minimum atomic E-state index is 0.161. The van der Waals surface area contributed by atoms with E-state index in [-0.39, 0.29) is 12.6 Å². The Bertz CT molecular complexity index is 533. The van der Waals surface area contributed by atoms with Gasteiger partial charge in [0.05, 0.1) is 5.02 Å². The molecule has 0 aliphatic rings. The molecule has 0 radical (unpaired) electrons. The average molecular weight is 291 g/mol. The summed E-state index contributed by atoms with van der Waals surface area (Å²) in [6.07, 6.45) is 4.11. The maximum absolute atomic E-state index is 9.30. The first kappa shape index (κ1) is 15.0. The summed E-state index contributed by atoms with van der Waals surface area (Å²) in [6, 6.07) is 12.3. The zero-order chi connectivity index (χ0) is 14.4. The lowest BCUT2D eigenvalue weighted by Gasteiger charge is -2.28. The zero-order valence-electron chi connectivity index (χ0n) is 11.5. The Morgan fingerprint density at radius 1 is 1.25 bits per heavy atom. The molecule has 0 aliphatic heterocycles. The van der Waals surface area contributed by atoms with E-state index in [4.69, 9.17) is 11.6 Å². The van der Waals surface area contributed by atoms with Crippen LogP contribution < -0.4 is 0 Å². The molecule has 0 bridgehead atoms. The van der Waals surface area contributed by atoms with E-state index in [1.54, 1.807) is 12.4 Å². The van der Waals surface area contributed by atoms with Crippen LogP contribution in [-0.4, -0.2) is 28.6 Å². The molecule has 0 saturated heterocycles. The van der Waals surface area contributed by atoms with Crippen molar-refractivity contribution in [1.82, 2.24) is 9.88 Å². The van der Waals surface area contributed by atoms with Crippen molar-refractivity contribution in [2.45, 2.75) is 19.0 Å². The number of benzene rings is 1. The number of rotatable bonds is 6. The first-order chi connectivity index (χ1) is 9.72. The minimum absolute atomic E-state index is 0.161. The summed E-state index contributed by atoms with van der Waals surface area (Å²) in [6.45, 7) is 0.884. The molecule has 2 aromatic rings. The first-order valence-electron chi connectivity index (χ1n) is 6.67. The van der Waals surface area contributed by atoms with Gasteiger partial charge in [-0.1, -0.05) is 41.9 Å². The molecule has 1 N–H and O–H groups in total. The second-order valence-electron chi connectivity index (χ2n) is 4.82. The van der Waals surface area contributed by atoms with Gasteiger partial charge in [0.25, 0.3) is 0 Å². The summed E-state index contributed by atoms with van der Waals surface area (Å²) in [4.78, 5) is 6.20. The van der Waals surface area contributed by atoms with Gasteiger partial charge in [0.15, 0.2) is 0 Å². The highest BCUT2D eigenvalue weighted by Crippen LogP contribution is 2.25. The molecule has 4 heteroatoms. The van der Waals surface area contributed by atoms with E-state index in [1.807, 2.05) is 31.3 Å². The number of hydrogen-bond acceptors (Lipinski definition) is 3. The molecule has 0 fully saturated rings. The predicted molar refractivity (Wildman–Crippen MR) is 81.6 cm³/mol. The third kappa shape index (κ3) is 3.79. The summed E-state index contributed by atoms with van der Waals surface area (Å²) in [5.41, 5.74) is 2.25. The van der Waals surface area contributed by atoms with Crippen LogP contribution in [-0.2, 0) is 6.54 Å². The van der Waals surface area contributed by atoms with E-state index >= 15 is 0 Å². The van der Waals surface area contributed by atoms with E-state index in [0.717, 1.165) is 12.1 Å². The molecule has 2 rings (SSSR count). The van der Waals surface area contributed by atoms with Crippen molar-refractivity contribution in [3.05, 3.63) is 64.9 Å². The Kier molecular flexibility index (Phi) is 5.53. The van der Waals surface area contributed by atoms with Gasteiger partial charge in [-0.2, -0.15) is 0 Å². The maximum Gasteiger partial charge on any atom is 0.0634 e. The lowest BCUT2D eigenvalue weighted by Crippen LogP contribution is -2.25. The predicted octanol–water partition coefficient (Wildman–Crippen LogP) is 3.29. The van der Waals surface area contributed by atoms with Crippen LogP contribution in [0.2, 0.25) is 5.02 Å². The largest absolute Gasteiger partial charge is 0.396 e. The van der Waals surface area contributed by atoms with Crippen LogP contribution in [0.4, 0.5) is 0 Å². The normalized spacial score (nSPS) is 12.6. The van der Waals surface area contributed by atoms with Gasteiger partial charge in [0, 0.05) is 31.6 Å². The van der Waals surface area contributed by atoms with E-state index < -0.39 is 0 Å². The van der Waals surface area contributed by atoms with Crippen LogP contribution >= 0.6 is 11.6 Å². The Balaban J connectivity index is 2.16. The monoisotopic (exact) mass is 290 g/mol. The van der Waals surface area contributed by atoms with E-state index in [0.29, 0.717) is 11.4 Å². The Labute approximate surface area is 124 Å². The number of pyridine rings is 1. The number of aliphatic hydroxyl groups excluding tert-OH is 1. The highest BCUT2D eigenvalue weighted by Gasteiger charge is 2.17. The van der Waals surface area contributed by atoms with Crippen LogP contribution in [0.1, 0.15) is 23.6 Å². The van der Waals surface area contributed by atoms with Gasteiger partial charge in [-0.05, 0) is 30.7 Å². The SMILES string of the molecule is CN(Cc1ccncc1Cl)C(CCO)c1ccccc1. The van der Waals surface area contributed by atoms with Crippen LogP contribution in [0.15, 0.2) is 48.8 Å². The summed E-state index contributed by atoms with van der Waals surface area (Å²) >= 11 is 6.16. The second kappa shape index (κ2) is 7.39. The average Bonchev–Trinajstić information content (AvgIpc) is 2.48. The van der Waals surface area contributed by atoms with Crippen molar-refractivity contribution < 1.29 is 5.11 Å². The molecule has 0 aliphatic carbocycles. The van der Waals surface area contributed by atoms with Crippen LogP contribution in [0, 0.1) is 0 Å². The fourth-order valence-corrected chi connectivity index (χ4v) is 2.53. The lowest BCUT2D eigenvalue weighted by molar-refractivity contribution is 0.180. The molecular formula is C16H19ClN2O. The zero-order valence-corrected chi connectivity index (χ0v) is 12.3. The molecular weight excluding hydrogens is 272 g/mol. The van der Waals surface area contributed by atoms with Gasteiger partial charge in [-0.25, -0.2) is 0 Å². The smallest absolute Gasteiger partial charge is 0.0634 e. The number of aliphatic hydroxyl groups is 1. The van der Waals surface area contributed by atoms with Gasteiger partial charge in [-0.15, -0.1) is 0 Å². The topological polar surface area (TPSA) is 36.4 Å². The first-order valence-corrected chi connectivity index (χ1v) is 7.04. The molecule has 106 valence electrons. The number of hydrogen-bond donors (Lipinski definition) is 1. The van der Waals surface area contributed by atoms with Gasteiger partial charge in [-0.3, -0.25) is 9.88 Å². The third-order valence-corrected chi connectivity index (χ3v) is 3.74. The van der Waals surface area contributed by atoms with E-state index in [9.17, 15) is 5.11 Å².